The number of amides is 4. The molecule has 10 nitrogen and oxygen atoms in total. The van der Waals surface area contributed by atoms with E-state index in [0.717, 1.165) is 31.4 Å². The van der Waals surface area contributed by atoms with E-state index >= 15 is 0 Å². The van der Waals surface area contributed by atoms with Crippen molar-refractivity contribution in [1.82, 2.24) is 20.4 Å². The molecule has 2 atom stereocenters. The molecule has 254 valence electrons. The first kappa shape index (κ1) is 34.3. The summed E-state index contributed by atoms with van der Waals surface area (Å²) in [4.78, 5) is 42.7. The van der Waals surface area contributed by atoms with Gasteiger partial charge in [-0.15, -0.1) is 0 Å². The minimum Gasteiger partial charge on any atom is -0.466 e. The lowest BCUT2D eigenvalue weighted by Crippen LogP contribution is -2.57. The van der Waals surface area contributed by atoms with E-state index in [4.69, 9.17) is 9.47 Å². The van der Waals surface area contributed by atoms with Gasteiger partial charge in [-0.2, -0.15) is 13.2 Å². The van der Waals surface area contributed by atoms with Gasteiger partial charge in [0.05, 0.1) is 36.2 Å². The number of ether oxygens (including phenoxy) is 2. The molecule has 5 rings (SSSR count). The van der Waals surface area contributed by atoms with Crippen LogP contribution in [0.25, 0.3) is 0 Å². The molecule has 1 saturated heterocycles. The lowest BCUT2D eigenvalue weighted by molar-refractivity contribution is -0.142. The number of methoxy groups -OCH3 is 2. The van der Waals surface area contributed by atoms with Gasteiger partial charge in [0.25, 0.3) is 0 Å². The Kier molecular flexibility index (Phi) is 9.89. The van der Waals surface area contributed by atoms with Gasteiger partial charge in [0.15, 0.2) is 11.6 Å². The average Bonchev–Trinajstić information content (AvgIpc) is 3.50. The summed E-state index contributed by atoms with van der Waals surface area (Å²) in [6.07, 6.45) is -3.04. The normalized spacial score (nSPS) is 25.5. The van der Waals surface area contributed by atoms with Crippen LogP contribution >= 0.6 is 0 Å². The molecule has 2 fully saturated rings. The minimum atomic E-state index is -4.60. The molecular weight excluding hydrogens is 631 g/mol. The zero-order chi connectivity index (χ0) is 34.1. The van der Waals surface area contributed by atoms with Crippen LogP contribution < -0.4 is 10.6 Å². The van der Waals surface area contributed by atoms with E-state index in [-0.39, 0.29) is 47.9 Å². The lowest BCUT2D eigenvalue weighted by atomic mass is 9.75. The van der Waals surface area contributed by atoms with Crippen molar-refractivity contribution < 1.29 is 50.9 Å². The van der Waals surface area contributed by atoms with Gasteiger partial charge in [0, 0.05) is 32.3 Å². The van der Waals surface area contributed by atoms with E-state index in [9.17, 15) is 41.4 Å². The number of rotatable bonds is 7. The van der Waals surface area contributed by atoms with Crippen LogP contribution in [-0.2, 0) is 26.0 Å². The molecule has 0 bridgehead atoms. The number of carbonyl (C=O) groups is 3. The monoisotopic (exact) mass is 666 g/mol. The molecule has 2 unspecified atom stereocenters. The molecule has 15 heteroatoms. The van der Waals surface area contributed by atoms with Gasteiger partial charge >= 0.3 is 24.2 Å². The van der Waals surface area contributed by atoms with Gasteiger partial charge in [-0.25, -0.2) is 28.1 Å². The van der Waals surface area contributed by atoms with Crippen molar-refractivity contribution in [3.05, 3.63) is 82.1 Å². The van der Waals surface area contributed by atoms with Crippen LogP contribution in [0.1, 0.15) is 54.8 Å². The first-order valence-corrected chi connectivity index (χ1v) is 15.1. The second-order valence-electron chi connectivity index (χ2n) is 11.9. The van der Waals surface area contributed by atoms with Crippen LogP contribution in [0.2, 0.25) is 0 Å². The fourth-order valence-corrected chi connectivity index (χ4v) is 6.81. The van der Waals surface area contributed by atoms with Gasteiger partial charge in [-0.1, -0.05) is 24.3 Å². The summed E-state index contributed by atoms with van der Waals surface area (Å²) in [6, 6.07) is 3.98. The first-order valence-electron chi connectivity index (χ1n) is 15.1. The molecule has 2 aromatic rings. The highest BCUT2D eigenvalue weighted by atomic mass is 19.4. The molecule has 47 heavy (non-hydrogen) atoms. The molecular formula is C32H35F5N4O6. The van der Waals surface area contributed by atoms with Crippen LogP contribution in [0, 0.1) is 11.6 Å². The van der Waals surface area contributed by atoms with E-state index in [1.165, 1.54) is 25.3 Å². The number of hydrogen-bond acceptors (Lipinski definition) is 7. The van der Waals surface area contributed by atoms with Crippen molar-refractivity contribution in [2.24, 2.45) is 0 Å². The van der Waals surface area contributed by atoms with Crippen LogP contribution in [0.4, 0.5) is 31.5 Å². The van der Waals surface area contributed by atoms with Gasteiger partial charge in [-0.05, 0) is 61.4 Å². The maximum Gasteiger partial charge on any atom is 0.416 e. The smallest absolute Gasteiger partial charge is 0.416 e. The standard InChI is InChI=1S/C32H35F5N4O6/c1-46-17-25-26(28(42)47-2)27(18-7-8-23(33)24(34)15-18)41(30(44)39-25)29(43)38-19-11-14-40(16-19)20-9-12-31(45,13-10-20)21-5-3-4-6-22(21)32(35,36)37/h3-8,15,19-20,27,45H,9-14,16-17H2,1-2H3,(H,38,43)(H,39,44). The SMILES string of the molecule is COCC1=C(C(=O)OC)C(c2ccc(F)c(F)c2)N(C(=O)NC2CCN(C3CCC(O)(c4ccccc4C(F)(F)F)CC3)C2)C(=O)N1. The average molecular weight is 667 g/mol. The van der Waals surface area contributed by atoms with Crippen LogP contribution in [0.3, 0.4) is 0 Å². The van der Waals surface area contributed by atoms with Gasteiger partial charge < -0.3 is 25.2 Å². The molecule has 0 spiro atoms. The molecule has 1 saturated carbocycles. The number of nitrogens with one attached hydrogen (secondary N) is 2. The third-order valence-electron chi connectivity index (χ3n) is 9.09. The quantitative estimate of drug-likeness (QED) is 0.289. The van der Waals surface area contributed by atoms with Crippen molar-refractivity contribution in [1.29, 1.82) is 0 Å². The maximum absolute atomic E-state index is 14.4. The fourth-order valence-electron chi connectivity index (χ4n) is 6.81. The van der Waals surface area contributed by atoms with E-state index in [1.807, 2.05) is 0 Å². The first-order chi connectivity index (χ1) is 22.3. The Morgan fingerprint density at radius 2 is 1.77 bits per heavy atom. The van der Waals surface area contributed by atoms with Gasteiger partial charge in [0.2, 0.25) is 0 Å². The Hall–Kier alpha value is -4.08. The summed E-state index contributed by atoms with van der Waals surface area (Å²) in [7, 11) is 2.41. The van der Waals surface area contributed by atoms with Crippen LogP contribution in [-0.4, -0.2) is 78.9 Å². The van der Waals surface area contributed by atoms with Gasteiger partial charge in [-0.3, -0.25) is 4.90 Å². The highest BCUT2D eigenvalue weighted by molar-refractivity contribution is 6.01. The molecule has 3 N–H and O–H groups in total. The Balaban J connectivity index is 1.31. The Morgan fingerprint density at radius 3 is 2.40 bits per heavy atom. The summed E-state index contributed by atoms with van der Waals surface area (Å²) in [5, 5.41) is 16.5. The van der Waals surface area contributed by atoms with Crippen molar-refractivity contribution in [2.45, 2.75) is 62.0 Å². The van der Waals surface area contributed by atoms with Crippen molar-refractivity contribution in [2.75, 3.05) is 33.9 Å². The van der Waals surface area contributed by atoms with Gasteiger partial charge in [0.1, 0.15) is 6.04 Å². The third-order valence-corrected chi connectivity index (χ3v) is 9.09. The summed E-state index contributed by atoms with van der Waals surface area (Å²) >= 11 is 0. The molecule has 2 heterocycles. The fraction of sp³-hybridized carbons (Fsp3) is 0.469. The highest BCUT2D eigenvalue weighted by Crippen LogP contribution is 2.44. The molecule has 2 aliphatic heterocycles. The predicted octanol–water partition coefficient (Wildman–Crippen LogP) is 4.74. The number of alkyl halides is 3. The van der Waals surface area contributed by atoms with E-state index < -0.39 is 59.1 Å². The number of nitrogens with zero attached hydrogens (tertiary/aromatic N) is 2. The van der Waals surface area contributed by atoms with Crippen LogP contribution in [0.5, 0.6) is 0 Å². The summed E-state index contributed by atoms with van der Waals surface area (Å²) in [5.74, 6) is -3.34. The van der Waals surface area contributed by atoms with E-state index in [1.54, 1.807) is 0 Å². The summed E-state index contributed by atoms with van der Waals surface area (Å²) in [6.45, 7) is 0.646. The molecule has 4 amide bonds. The second-order valence-corrected chi connectivity index (χ2v) is 11.9. The summed E-state index contributed by atoms with van der Waals surface area (Å²) in [5.41, 5.74) is -2.89. The zero-order valence-electron chi connectivity index (χ0n) is 25.7. The topological polar surface area (TPSA) is 120 Å². The number of urea groups is 2. The Labute approximate surface area is 267 Å². The molecule has 3 aliphatic rings. The number of carbonyl (C=O) groups excluding carboxylic acids is 3. The number of benzene rings is 2. The van der Waals surface area contributed by atoms with E-state index in [2.05, 4.69) is 15.5 Å². The van der Waals surface area contributed by atoms with Crippen molar-refractivity contribution in [3.8, 4) is 0 Å². The summed E-state index contributed by atoms with van der Waals surface area (Å²) < 4.78 is 79.1. The zero-order valence-corrected chi connectivity index (χ0v) is 25.7. The Morgan fingerprint density at radius 1 is 1.06 bits per heavy atom. The van der Waals surface area contributed by atoms with Crippen LogP contribution in [0.15, 0.2) is 53.7 Å². The predicted molar refractivity (Wildman–Crippen MR) is 156 cm³/mol. The highest BCUT2D eigenvalue weighted by Gasteiger charge is 2.46. The number of likely N-dealkylation sites (tertiary alicyclic amines) is 1. The number of hydrogen-bond donors (Lipinski definition) is 3. The molecule has 0 aromatic heterocycles. The number of imide groups is 1. The van der Waals surface area contributed by atoms with Crippen molar-refractivity contribution >= 4 is 18.0 Å². The minimum absolute atomic E-state index is 0.00899. The lowest BCUT2D eigenvalue weighted by Gasteiger charge is -2.41. The van der Waals surface area contributed by atoms with Crippen molar-refractivity contribution in [3.63, 3.8) is 0 Å². The second kappa shape index (κ2) is 13.6. The largest absolute Gasteiger partial charge is 0.466 e. The molecule has 2 aromatic carbocycles. The number of halogens is 5. The maximum atomic E-state index is 14.4. The molecule has 1 aliphatic carbocycles. The number of esters is 1. The third kappa shape index (κ3) is 6.97. The Bertz CT molecular complexity index is 1560. The number of aliphatic hydroxyl groups is 1. The molecule has 0 radical (unpaired) electrons. The van der Waals surface area contributed by atoms with E-state index in [0.29, 0.717) is 37.3 Å².